The summed E-state index contributed by atoms with van der Waals surface area (Å²) in [5, 5.41) is 0. The SMILES string of the molecule is BCOc1ccc(-c2ccc(-c3ccc(C4OCC(CC/C=C/C)CO4)c(F)c3)cc2)c(F)c1F. The van der Waals surface area contributed by atoms with Crippen molar-refractivity contribution in [2.45, 2.75) is 26.1 Å². The van der Waals surface area contributed by atoms with E-state index in [-0.39, 0.29) is 17.8 Å². The van der Waals surface area contributed by atoms with Crippen molar-refractivity contribution in [3.63, 3.8) is 0 Å². The number of benzene rings is 3. The Morgan fingerprint density at radius 2 is 1.60 bits per heavy atom. The average Bonchev–Trinajstić information content (AvgIpc) is 2.88. The Bertz CT molecular complexity index is 1170. The van der Waals surface area contributed by atoms with E-state index >= 15 is 0 Å². The first-order valence-electron chi connectivity index (χ1n) is 11.9. The Balaban J connectivity index is 1.45. The van der Waals surface area contributed by atoms with Crippen LogP contribution in [0.15, 0.2) is 66.7 Å². The van der Waals surface area contributed by atoms with Crippen molar-refractivity contribution in [3.05, 3.63) is 89.8 Å². The smallest absolute Gasteiger partial charge is 0.201 e. The van der Waals surface area contributed by atoms with Gasteiger partial charge in [-0.05, 0) is 54.7 Å². The van der Waals surface area contributed by atoms with Crippen LogP contribution in [0.1, 0.15) is 31.6 Å². The summed E-state index contributed by atoms with van der Waals surface area (Å²) in [5.74, 6) is -2.20. The highest BCUT2D eigenvalue weighted by Crippen LogP contribution is 2.33. The van der Waals surface area contributed by atoms with Crippen molar-refractivity contribution in [1.82, 2.24) is 0 Å². The molecule has 1 aliphatic heterocycles. The van der Waals surface area contributed by atoms with E-state index in [4.69, 9.17) is 14.2 Å². The summed E-state index contributed by atoms with van der Waals surface area (Å²) < 4.78 is 60.4. The van der Waals surface area contributed by atoms with Crippen LogP contribution < -0.4 is 4.74 Å². The highest BCUT2D eigenvalue weighted by molar-refractivity contribution is 6.08. The van der Waals surface area contributed by atoms with Gasteiger partial charge in [0, 0.05) is 17.0 Å². The van der Waals surface area contributed by atoms with E-state index in [1.165, 1.54) is 18.2 Å². The molecule has 7 heteroatoms. The van der Waals surface area contributed by atoms with Crippen LogP contribution in [0.25, 0.3) is 22.3 Å². The fraction of sp³-hybridized carbons (Fsp3) is 0.286. The molecule has 0 aliphatic carbocycles. The molecule has 0 atom stereocenters. The molecular weight excluding hydrogens is 452 g/mol. The Labute approximate surface area is 204 Å². The van der Waals surface area contributed by atoms with Crippen LogP contribution in [0.4, 0.5) is 13.2 Å². The van der Waals surface area contributed by atoms with Crippen LogP contribution in [0.5, 0.6) is 5.75 Å². The lowest BCUT2D eigenvalue weighted by atomic mass is 9.98. The van der Waals surface area contributed by atoms with Gasteiger partial charge in [0.15, 0.2) is 25.7 Å². The second-order valence-electron chi connectivity index (χ2n) is 8.50. The molecule has 0 amide bonds. The minimum Gasteiger partial charge on any atom is -0.500 e. The molecule has 35 heavy (non-hydrogen) atoms. The fourth-order valence-corrected chi connectivity index (χ4v) is 4.15. The molecule has 1 fully saturated rings. The van der Waals surface area contributed by atoms with Gasteiger partial charge >= 0.3 is 0 Å². The van der Waals surface area contributed by atoms with Crippen LogP contribution in [0, 0.1) is 23.4 Å². The van der Waals surface area contributed by atoms with Crippen LogP contribution in [-0.2, 0) is 9.47 Å². The summed E-state index contributed by atoms with van der Waals surface area (Å²) >= 11 is 0. The van der Waals surface area contributed by atoms with Gasteiger partial charge in [-0.3, -0.25) is 0 Å². The van der Waals surface area contributed by atoms with Gasteiger partial charge in [0.2, 0.25) is 5.82 Å². The first-order chi connectivity index (χ1) is 17.0. The van der Waals surface area contributed by atoms with E-state index in [1.54, 1.807) is 44.2 Å². The number of hydrogen-bond donors (Lipinski definition) is 0. The van der Waals surface area contributed by atoms with E-state index in [9.17, 15) is 13.2 Å². The third-order valence-corrected chi connectivity index (χ3v) is 6.07. The van der Waals surface area contributed by atoms with Crippen LogP contribution >= 0.6 is 0 Å². The number of allylic oxidation sites excluding steroid dienone is 2. The third kappa shape index (κ3) is 5.80. The molecule has 1 aliphatic rings. The minimum atomic E-state index is -1.01. The summed E-state index contributed by atoms with van der Waals surface area (Å²) in [6.45, 7) is 3.31. The molecule has 0 spiro atoms. The van der Waals surface area contributed by atoms with Gasteiger partial charge < -0.3 is 14.2 Å². The summed E-state index contributed by atoms with van der Waals surface area (Å²) in [4.78, 5) is 0. The molecular formula is C28H28BF3O3. The maximum Gasteiger partial charge on any atom is 0.201 e. The molecule has 0 aromatic heterocycles. The van der Waals surface area contributed by atoms with Gasteiger partial charge in [-0.1, -0.05) is 48.6 Å². The zero-order valence-electron chi connectivity index (χ0n) is 19.9. The molecule has 4 rings (SSSR count). The first-order valence-corrected chi connectivity index (χ1v) is 11.9. The van der Waals surface area contributed by atoms with E-state index < -0.39 is 23.7 Å². The second kappa shape index (κ2) is 11.6. The second-order valence-corrected chi connectivity index (χ2v) is 8.50. The normalized spacial score (nSPS) is 18.2. The molecule has 1 heterocycles. The summed E-state index contributed by atoms with van der Waals surface area (Å²) in [6, 6.07) is 14.7. The Morgan fingerprint density at radius 1 is 0.914 bits per heavy atom. The Morgan fingerprint density at radius 3 is 2.26 bits per heavy atom. The van der Waals surface area contributed by atoms with Crippen LogP contribution in [0.2, 0.25) is 0 Å². The predicted octanol–water partition coefficient (Wildman–Crippen LogP) is 6.43. The van der Waals surface area contributed by atoms with Gasteiger partial charge in [0.1, 0.15) is 5.82 Å². The van der Waals surface area contributed by atoms with Crippen LogP contribution in [-0.4, -0.2) is 27.6 Å². The van der Waals surface area contributed by atoms with Crippen molar-refractivity contribution in [2.24, 2.45) is 5.92 Å². The minimum absolute atomic E-state index is 0.115. The van der Waals surface area contributed by atoms with Crippen molar-refractivity contribution in [1.29, 1.82) is 0 Å². The highest BCUT2D eigenvalue weighted by Gasteiger charge is 2.25. The lowest BCUT2D eigenvalue weighted by Gasteiger charge is -2.29. The molecule has 0 N–H and O–H groups in total. The van der Waals surface area contributed by atoms with E-state index in [2.05, 4.69) is 6.08 Å². The van der Waals surface area contributed by atoms with E-state index in [0.717, 1.165) is 18.4 Å². The van der Waals surface area contributed by atoms with Gasteiger partial charge in [-0.15, -0.1) is 0 Å². The largest absolute Gasteiger partial charge is 0.500 e. The van der Waals surface area contributed by atoms with Gasteiger partial charge in [-0.2, -0.15) is 4.39 Å². The average molecular weight is 480 g/mol. The monoisotopic (exact) mass is 480 g/mol. The zero-order chi connectivity index (χ0) is 24.8. The lowest BCUT2D eigenvalue weighted by molar-refractivity contribution is -0.207. The van der Waals surface area contributed by atoms with Gasteiger partial charge in [0.05, 0.1) is 19.7 Å². The molecule has 0 radical (unpaired) electrons. The zero-order valence-corrected chi connectivity index (χ0v) is 19.9. The fourth-order valence-electron chi connectivity index (χ4n) is 4.15. The Kier molecular flexibility index (Phi) is 8.31. The highest BCUT2D eigenvalue weighted by atomic mass is 19.2. The topological polar surface area (TPSA) is 27.7 Å². The molecule has 0 bridgehead atoms. The molecule has 3 aromatic carbocycles. The van der Waals surface area contributed by atoms with Gasteiger partial charge in [0.25, 0.3) is 0 Å². The summed E-state index contributed by atoms with van der Waals surface area (Å²) in [6.07, 6.45) is 5.37. The maximum absolute atomic E-state index is 14.9. The molecule has 3 nitrogen and oxygen atoms in total. The molecule has 0 saturated carbocycles. The van der Waals surface area contributed by atoms with E-state index in [0.29, 0.717) is 35.8 Å². The van der Waals surface area contributed by atoms with Crippen molar-refractivity contribution in [2.75, 3.05) is 19.7 Å². The summed E-state index contributed by atoms with van der Waals surface area (Å²) in [5.41, 5.74) is 2.42. The maximum atomic E-state index is 14.9. The van der Waals surface area contributed by atoms with Crippen LogP contribution in [0.3, 0.4) is 0 Å². The molecule has 182 valence electrons. The Hall–Kier alpha value is -3.03. The number of hydrogen-bond acceptors (Lipinski definition) is 3. The third-order valence-electron chi connectivity index (χ3n) is 6.07. The first kappa shape index (κ1) is 25.1. The van der Waals surface area contributed by atoms with Crippen molar-refractivity contribution < 1.29 is 27.4 Å². The molecule has 3 aromatic rings. The number of ether oxygens (including phenoxy) is 3. The predicted molar refractivity (Wildman–Crippen MR) is 133 cm³/mol. The summed E-state index contributed by atoms with van der Waals surface area (Å²) in [7, 11) is 1.71. The van der Waals surface area contributed by atoms with E-state index in [1.807, 2.05) is 13.0 Å². The van der Waals surface area contributed by atoms with Gasteiger partial charge in [-0.25, -0.2) is 8.78 Å². The number of halogens is 3. The lowest BCUT2D eigenvalue weighted by Crippen LogP contribution is -2.27. The van der Waals surface area contributed by atoms with Crippen molar-refractivity contribution >= 4 is 7.85 Å². The quantitative estimate of drug-likeness (QED) is 0.275. The molecule has 0 unspecified atom stereocenters. The standard InChI is InChI=1S/C28H28BF3O3/c1-2-3-4-5-18-15-33-28(34-16-18)23-11-10-21(14-24(23)30)19-6-8-20(9-7-19)22-12-13-25(35-17-29)27(32)26(22)31/h2-3,6-14,18,28H,4-5,15-17,29H2,1H3/b3-2+. The van der Waals surface area contributed by atoms with Crippen molar-refractivity contribution in [3.8, 4) is 28.0 Å². The number of rotatable bonds is 8. The molecule has 1 saturated heterocycles.